The highest BCUT2D eigenvalue weighted by Gasteiger charge is 2.16. The number of hydrogen-bond acceptors (Lipinski definition) is 4. The highest BCUT2D eigenvalue weighted by molar-refractivity contribution is 7.89. The van der Waals surface area contributed by atoms with Crippen LogP contribution in [0.15, 0.2) is 35.5 Å². The van der Waals surface area contributed by atoms with E-state index < -0.39 is 10.0 Å². The second kappa shape index (κ2) is 4.79. The summed E-state index contributed by atoms with van der Waals surface area (Å²) < 4.78 is 26.7. The molecular formula is C11H14N4O2S. The van der Waals surface area contributed by atoms with Crippen LogP contribution in [-0.4, -0.2) is 18.6 Å². The van der Waals surface area contributed by atoms with E-state index in [2.05, 4.69) is 14.9 Å². The molecule has 0 saturated heterocycles. The fourth-order valence-corrected chi connectivity index (χ4v) is 2.85. The Morgan fingerprint density at radius 2 is 2.22 bits per heavy atom. The smallest absolute Gasteiger partial charge is 0.241 e. The van der Waals surface area contributed by atoms with Gasteiger partial charge in [-0.05, 0) is 30.7 Å². The first kappa shape index (κ1) is 12.6. The number of benzene rings is 1. The molecule has 6 nitrogen and oxygen atoms in total. The monoisotopic (exact) mass is 266 g/mol. The SMILES string of the molecule is Cc1cc(N)ccc1S(=O)(=O)NCc1cn[nH]c1. The van der Waals surface area contributed by atoms with Gasteiger partial charge in [0.1, 0.15) is 0 Å². The third kappa shape index (κ3) is 2.69. The minimum absolute atomic E-state index is 0.197. The second-order valence-corrected chi connectivity index (χ2v) is 5.69. The summed E-state index contributed by atoms with van der Waals surface area (Å²) in [6, 6.07) is 4.70. The lowest BCUT2D eigenvalue weighted by molar-refractivity contribution is 0.581. The maximum absolute atomic E-state index is 12.1. The van der Waals surface area contributed by atoms with E-state index in [0.717, 1.165) is 5.56 Å². The number of hydrogen-bond donors (Lipinski definition) is 3. The molecule has 7 heteroatoms. The normalized spacial score (nSPS) is 11.6. The fourth-order valence-electron chi connectivity index (χ4n) is 1.60. The summed E-state index contributed by atoms with van der Waals surface area (Å²) in [5.41, 5.74) is 7.53. The molecule has 0 fully saturated rings. The van der Waals surface area contributed by atoms with Crippen LogP contribution in [0.25, 0.3) is 0 Å². The lowest BCUT2D eigenvalue weighted by atomic mass is 10.2. The number of anilines is 1. The van der Waals surface area contributed by atoms with E-state index in [1.54, 1.807) is 31.5 Å². The van der Waals surface area contributed by atoms with Gasteiger partial charge in [-0.2, -0.15) is 5.10 Å². The number of aromatic amines is 1. The van der Waals surface area contributed by atoms with Gasteiger partial charge in [0.15, 0.2) is 0 Å². The minimum Gasteiger partial charge on any atom is -0.399 e. The molecule has 1 aromatic carbocycles. The van der Waals surface area contributed by atoms with Crippen molar-refractivity contribution in [3.8, 4) is 0 Å². The first-order chi connectivity index (χ1) is 8.49. The molecular weight excluding hydrogens is 252 g/mol. The number of rotatable bonds is 4. The van der Waals surface area contributed by atoms with Crippen LogP contribution in [0.2, 0.25) is 0 Å². The fraction of sp³-hybridized carbons (Fsp3) is 0.182. The first-order valence-electron chi connectivity index (χ1n) is 5.32. The zero-order valence-corrected chi connectivity index (χ0v) is 10.7. The van der Waals surface area contributed by atoms with Crippen molar-refractivity contribution in [3.63, 3.8) is 0 Å². The van der Waals surface area contributed by atoms with Crippen LogP contribution in [0.1, 0.15) is 11.1 Å². The van der Waals surface area contributed by atoms with E-state index >= 15 is 0 Å². The molecule has 0 radical (unpaired) electrons. The standard InChI is InChI=1S/C11H14N4O2S/c1-8-4-10(12)2-3-11(8)18(16,17)15-7-9-5-13-14-6-9/h2-6,15H,7,12H2,1H3,(H,13,14). The van der Waals surface area contributed by atoms with Gasteiger partial charge in [-0.15, -0.1) is 0 Å². The number of nitrogens with one attached hydrogen (secondary N) is 2. The molecule has 4 N–H and O–H groups in total. The van der Waals surface area contributed by atoms with Crippen LogP contribution >= 0.6 is 0 Å². The number of nitrogen functional groups attached to an aromatic ring is 1. The Hall–Kier alpha value is -1.86. The molecule has 0 amide bonds. The predicted molar refractivity (Wildman–Crippen MR) is 68.2 cm³/mol. The van der Waals surface area contributed by atoms with E-state index in [-0.39, 0.29) is 11.4 Å². The molecule has 0 spiro atoms. The Morgan fingerprint density at radius 1 is 1.44 bits per heavy atom. The molecule has 0 aliphatic rings. The highest BCUT2D eigenvalue weighted by Crippen LogP contribution is 2.17. The number of nitrogens with zero attached hydrogens (tertiary/aromatic N) is 1. The van der Waals surface area contributed by atoms with Crippen LogP contribution in [0, 0.1) is 6.92 Å². The molecule has 1 heterocycles. The largest absolute Gasteiger partial charge is 0.399 e. The lowest BCUT2D eigenvalue weighted by Crippen LogP contribution is -2.23. The molecule has 18 heavy (non-hydrogen) atoms. The number of aromatic nitrogens is 2. The minimum atomic E-state index is -3.53. The van der Waals surface area contributed by atoms with Crippen LogP contribution < -0.4 is 10.5 Å². The van der Waals surface area contributed by atoms with Gasteiger partial charge in [-0.3, -0.25) is 5.10 Å². The number of aryl methyl sites for hydroxylation is 1. The number of nitrogens with two attached hydrogens (primary N) is 1. The Kier molecular flexibility index (Phi) is 3.35. The molecule has 96 valence electrons. The van der Waals surface area contributed by atoms with Crippen molar-refractivity contribution in [2.45, 2.75) is 18.4 Å². The third-order valence-electron chi connectivity index (χ3n) is 2.51. The van der Waals surface area contributed by atoms with Crippen LogP contribution in [-0.2, 0) is 16.6 Å². The zero-order valence-electron chi connectivity index (χ0n) is 9.84. The van der Waals surface area contributed by atoms with Crippen LogP contribution in [0.4, 0.5) is 5.69 Å². The summed E-state index contributed by atoms with van der Waals surface area (Å²) in [4.78, 5) is 0.236. The quantitative estimate of drug-likeness (QED) is 0.712. The average Bonchev–Trinajstić information content (AvgIpc) is 2.78. The van der Waals surface area contributed by atoms with Gasteiger partial charge in [-0.25, -0.2) is 13.1 Å². The zero-order chi connectivity index (χ0) is 13.2. The third-order valence-corrected chi connectivity index (χ3v) is 4.07. The van der Waals surface area contributed by atoms with Gasteiger partial charge in [0.2, 0.25) is 10.0 Å². The summed E-state index contributed by atoms with van der Waals surface area (Å²) in [6.07, 6.45) is 3.21. The molecule has 0 aliphatic heterocycles. The van der Waals surface area contributed by atoms with E-state index in [1.807, 2.05) is 0 Å². The van der Waals surface area contributed by atoms with Gasteiger partial charge in [-0.1, -0.05) is 0 Å². The maximum atomic E-state index is 12.1. The van der Waals surface area contributed by atoms with E-state index in [9.17, 15) is 8.42 Å². The lowest BCUT2D eigenvalue weighted by Gasteiger charge is -2.09. The van der Waals surface area contributed by atoms with Crippen molar-refractivity contribution in [2.24, 2.45) is 0 Å². The van der Waals surface area contributed by atoms with Crippen LogP contribution in [0.5, 0.6) is 0 Å². The van der Waals surface area contributed by atoms with Gasteiger partial charge >= 0.3 is 0 Å². The molecule has 0 atom stereocenters. The van der Waals surface area contributed by atoms with E-state index in [1.165, 1.54) is 6.07 Å². The molecule has 0 aliphatic carbocycles. The van der Waals surface area contributed by atoms with E-state index in [4.69, 9.17) is 5.73 Å². The topological polar surface area (TPSA) is 101 Å². The maximum Gasteiger partial charge on any atom is 0.241 e. The van der Waals surface area contributed by atoms with Crippen molar-refractivity contribution >= 4 is 15.7 Å². The first-order valence-corrected chi connectivity index (χ1v) is 6.81. The summed E-state index contributed by atoms with van der Waals surface area (Å²) in [7, 11) is -3.53. The molecule has 0 bridgehead atoms. The summed E-state index contributed by atoms with van der Waals surface area (Å²) >= 11 is 0. The Morgan fingerprint density at radius 3 is 2.83 bits per heavy atom. The van der Waals surface area contributed by atoms with Gasteiger partial charge in [0.25, 0.3) is 0 Å². The summed E-state index contributed by atoms with van der Waals surface area (Å²) in [5, 5.41) is 6.37. The Balaban J connectivity index is 2.20. The molecule has 0 unspecified atom stereocenters. The van der Waals surface area contributed by atoms with Crippen molar-refractivity contribution in [1.82, 2.24) is 14.9 Å². The highest BCUT2D eigenvalue weighted by atomic mass is 32.2. The molecule has 2 aromatic rings. The predicted octanol–water partition coefficient (Wildman–Crippen LogP) is 0.779. The summed E-state index contributed by atoms with van der Waals surface area (Å²) in [6.45, 7) is 1.91. The number of H-pyrrole nitrogens is 1. The summed E-state index contributed by atoms with van der Waals surface area (Å²) in [5.74, 6) is 0. The van der Waals surface area contributed by atoms with Gasteiger partial charge in [0, 0.05) is 24.0 Å². The second-order valence-electron chi connectivity index (χ2n) is 3.96. The average molecular weight is 266 g/mol. The number of sulfonamides is 1. The molecule has 0 saturated carbocycles. The van der Waals surface area contributed by atoms with Crippen molar-refractivity contribution in [3.05, 3.63) is 41.7 Å². The van der Waals surface area contributed by atoms with Crippen molar-refractivity contribution in [2.75, 3.05) is 5.73 Å². The van der Waals surface area contributed by atoms with Crippen molar-refractivity contribution in [1.29, 1.82) is 0 Å². The Labute approximate surface area is 105 Å². The van der Waals surface area contributed by atoms with Gasteiger partial charge in [0.05, 0.1) is 11.1 Å². The van der Waals surface area contributed by atoms with Crippen molar-refractivity contribution < 1.29 is 8.42 Å². The molecule has 1 aromatic heterocycles. The molecule has 2 rings (SSSR count). The van der Waals surface area contributed by atoms with E-state index in [0.29, 0.717) is 11.3 Å². The van der Waals surface area contributed by atoms with Crippen LogP contribution in [0.3, 0.4) is 0 Å². The van der Waals surface area contributed by atoms with Gasteiger partial charge < -0.3 is 5.73 Å². The Bertz CT molecular complexity index is 635.